The zero-order valence-electron chi connectivity index (χ0n) is 23.4. The van der Waals surface area contributed by atoms with Crippen molar-refractivity contribution in [2.45, 2.75) is 32.7 Å². The van der Waals surface area contributed by atoms with Crippen LogP contribution in [0.3, 0.4) is 0 Å². The molecular weight excluding hydrogens is 494 g/mol. The summed E-state index contributed by atoms with van der Waals surface area (Å²) in [5.74, 6) is 11.9. The molecule has 11 heteroatoms. The number of carbonyl (C=O) groups excluding carboxylic acids is 1. The summed E-state index contributed by atoms with van der Waals surface area (Å²) in [7, 11) is 2.70. The van der Waals surface area contributed by atoms with Gasteiger partial charge in [0, 0.05) is 70.7 Å². The van der Waals surface area contributed by atoms with E-state index in [0.717, 1.165) is 61.1 Å². The van der Waals surface area contributed by atoms with E-state index in [0.29, 0.717) is 43.7 Å². The summed E-state index contributed by atoms with van der Waals surface area (Å²) in [4.78, 5) is 19.6. The van der Waals surface area contributed by atoms with Crippen molar-refractivity contribution in [1.82, 2.24) is 14.8 Å². The maximum atomic E-state index is 13.5. The molecule has 2 saturated heterocycles. The number of anilines is 2. The Hall–Kier alpha value is -4.01. The number of hydrazine groups is 1. The maximum absolute atomic E-state index is 13.5. The molecule has 2 aliphatic heterocycles. The molecule has 11 nitrogen and oxygen atoms in total. The average molecular weight is 536 g/mol. The van der Waals surface area contributed by atoms with Crippen molar-refractivity contribution < 1.29 is 9.90 Å². The highest BCUT2D eigenvalue weighted by Crippen LogP contribution is 2.28. The van der Waals surface area contributed by atoms with E-state index in [1.54, 1.807) is 7.05 Å². The summed E-state index contributed by atoms with van der Waals surface area (Å²) in [6.45, 7) is 8.22. The molecule has 0 saturated carbocycles. The van der Waals surface area contributed by atoms with Crippen molar-refractivity contribution in [3.8, 4) is 6.07 Å². The van der Waals surface area contributed by atoms with E-state index in [1.165, 1.54) is 5.01 Å². The summed E-state index contributed by atoms with van der Waals surface area (Å²) in [6.07, 6.45) is 1.91. The lowest BCUT2D eigenvalue weighted by Crippen LogP contribution is -2.55. The van der Waals surface area contributed by atoms with Crippen LogP contribution in [0.2, 0.25) is 0 Å². The first-order chi connectivity index (χ1) is 18.8. The van der Waals surface area contributed by atoms with E-state index in [4.69, 9.17) is 16.8 Å². The highest BCUT2D eigenvalue weighted by molar-refractivity contribution is 5.97. The van der Waals surface area contributed by atoms with Gasteiger partial charge in [-0.15, -0.1) is 5.10 Å². The molecule has 1 amide bonds. The van der Waals surface area contributed by atoms with Crippen LogP contribution in [-0.2, 0) is 0 Å². The van der Waals surface area contributed by atoms with Crippen LogP contribution >= 0.6 is 0 Å². The summed E-state index contributed by atoms with van der Waals surface area (Å²) in [5.41, 5.74) is 5.56. The van der Waals surface area contributed by atoms with Gasteiger partial charge in [0.15, 0.2) is 0 Å². The SMILES string of the molecule is CO.Cc1cc(C)c(C(=O)N2CCN(/C(=N/N)N(C)N)CC2)cc1NC1CCN(c2ccccc2C#N)CC1. The molecule has 2 fully saturated rings. The van der Waals surface area contributed by atoms with Gasteiger partial charge < -0.3 is 31.0 Å². The van der Waals surface area contributed by atoms with Gasteiger partial charge in [0.25, 0.3) is 5.91 Å². The van der Waals surface area contributed by atoms with Gasteiger partial charge in [-0.05, 0) is 56.0 Å². The Labute approximate surface area is 231 Å². The second kappa shape index (κ2) is 13.7. The van der Waals surface area contributed by atoms with Crippen LogP contribution in [0.5, 0.6) is 0 Å². The first-order valence-corrected chi connectivity index (χ1v) is 13.2. The van der Waals surface area contributed by atoms with Crippen molar-refractivity contribution in [2.75, 3.05) is 63.6 Å². The van der Waals surface area contributed by atoms with Crippen LogP contribution in [0.25, 0.3) is 0 Å². The number of nitriles is 1. The number of aryl methyl sites for hydroxylation is 2. The van der Waals surface area contributed by atoms with Gasteiger partial charge in [-0.3, -0.25) is 9.80 Å². The Morgan fingerprint density at radius 3 is 2.26 bits per heavy atom. The molecule has 2 aromatic carbocycles. The number of nitrogens with zero attached hydrogens (tertiary/aromatic N) is 6. The number of benzene rings is 2. The standard InChI is InChI=1S/C27H37N9O.CH4O/c1-19-16-20(2)24(31-22-8-10-34(11-9-22)25-7-5-4-6-21(25)18-28)17-23(19)26(37)35-12-14-36(15-13-35)27(32-29)33(3)30;1-2/h4-7,16-17,22,31H,8-15,29-30H2,1-3H3;2H,1H3/b32-27+;. The number of guanidine groups is 1. The number of aliphatic hydroxyl groups excluding tert-OH is 1. The van der Waals surface area contributed by atoms with E-state index in [-0.39, 0.29) is 5.91 Å². The normalized spacial score (nSPS) is 16.2. The molecule has 0 radical (unpaired) electrons. The molecule has 210 valence electrons. The van der Waals surface area contributed by atoms with Crippen LogP contribution in [0.4, 0.5) is 11.4 Å². The number of aliphatic hydroxyl groups is 1. The van der Waals surface area contributed by atoms with Crippen molar-refractivity contribution in [3.63, 3.8) is 0 Å². The Morgan fingerprint density at radius 2 is 1.67 bits per heavy atom. The number of nitrogens with one attached hydrogen (secondary N) is 1. The monoisotopic (exact) mass is 535 g/mol. The molecule has 2 heterocycles. The largest absolute Gasteiger partial charge is 0.400 e. The lowest BCUT2D eigenvalue weighted by atomic mass is 9.99. The quantitative estimate of drug-likeness (QED) is 0.198. The first kappa shape index (κ1) is 29.5. The van der Waals surface area contributed by atoms with Gasteiger partial charge >= 0.3 is 0 Å². The van der Waals surface area contributed by atoms with Gasteiger partial charge in [-0.25, -0.2) is 5.84 Å². The second-order valence-corrected chi connectivity index (χ2v) is 9.84. The number of carbonyl (C=O) groups is 1. The number of hydrazone groups is 1. The minimum atomic E-state index is 0.0375. The summed E-state index contributed by atoms with van der Waals surface area (Å²) in [5, 5.41) is 25.3. The van der Waals surface area contributed by atoms with E-state index in [9.17, 15) is 10.1 Å². The molecular formula is C28H41N9O2. The van der Waals surface area contributed by atoms with Crippen molar-refractivity contribution in [3.05, 3.63) is 58.7 Å². The molecule has 2 aromatic rings. The van der Waals surface area contributed by atoms with Gasteiger partial charge in [0.05, 0.1) is 11.3 Å². The number of para-hydroxylation sites is 1. The van der Waals surface area contributed by atoms with Gasteiger partial charge in [0.2, 0.25) is 5.96 Å². The van der Waals surface area contributed by atoms with Gasteiger partial charge in [-0.1, -0.05) is 18.2 Å². The number of amides is 1. The highest BCUT2D eigenvalue weighted by atomic mass is 16.2. The predicted molar refractivity (Wildman–Crippen MR) is 155 cm³/mol. The number of rotatable bonds is 4. The van der Waals surface area contributed by atoms with Crippen LogP contribution in [0.1, 0.15) is 39.9 Å². The van der Waals surface area contributed by atoms with Gasteiger partial charge in [0.1, 0.15) is 6.07 Å². The minimum absolute atomic E-state index is 0.0375. The zero-order chi connectivity index (χ0) is 28.5. The van der Waals surface area contributed by atoms with Crippen LogP contribution in [0, 0.1) is 25.2 Å². The molecule has 0 aromatic heterocycles. The third-order valence-corrected chi connectivity index (χ3v) is 7.30. The predicted octanol–water partition coefficient (Wildman–Crippen LogP) is 1.66. The molecule has 4 rings (SSSR count). The lowest BCUT2D eigenvalue weighted by molar-refractivity contribution is 0.0683. The van der Waals surface area contributed by atoms with Crippen molar-refractivity contribution in [2.24, 2.45) is 16.8 Å². The van der Waals surface area contributed by atoms with Gasteiger partial charge in [-0.2, -0.15) is 5.26 Å². The molecule has 0 spiro atoms. The molecule has 6 N–H and O–H groups in total. The molecule has 2 aliphatic rings. The van der Waals surface area contributed by atoms with E-state index in [2.05, 4.69) is 34.4 Å². The fourth-order valence-corrected chi connectivity index (χ4v) is 5.24. The van der Waals surface area contributed by atoms with Crippen LogP contribution in [0.15, 0.2) is 41.5 Å². The number of hydrogen-bond donors (Lipinski definition) is 4. The van der Waals surface area contributed by atoms with Crippen LogP contribution in [-0.4, -0.2) is 91.2 Å². The lowest BCUT2D eigenvalue weighted by Gasteiger charge is -2.37. The Bertz CT molecular complexity index is 1190. The molecule has 39 heavy (non-hydrogen) atoms. The smallest absolute Gasteiger partial charge is 0.254 e. The number of piperazine rings is 1. The third-order valence-electron chi connectivity index (χ3n) is 7.30. The Balaban J connectivity index is 0.00000205. The topological polar surface area (TPSA) is 150 Å². The van der Waals surface area contributed by atoms with E-state index >= 15 is 0 Å². The van der Waals surface area contributed by atoms with Crippen molar-refractivity contribution in [1.29, 1.82) is 5.26 Å². The number of nitrogens with two attached hydrogens (primary N) is 2. The second-order valence-electron chi connectivity index (χ2n) is 9.84. The first-order valence-electron chi connectivity index (χ1n) is 13.2. The summed E-state index contributed by atoms with van der Waals surface area (Å²) in [6, 6.07) is 14.5. The fraction of sp³-hybridized carbons (Fsp3) is 0.464. The molecule has 0 unspecified atom stereocenters. The third kappa shape index (κ3) is 6.90. The Morgan fingerprint density at radius 1 is 1.05 bits per heavy atom. The summed E-state index contributed by atoms with van der Waals surface area (Å²) < 4.78 is 0. The Kier molecular flexibility index (Phi) is 10.4. The highest BCUT2D eigenvalue weighted by Gasteiger charge is 2.27. The van der Waals surface area contributed by atoms with E-state index < -0.39 is 0 Å². The maximum Gasteiger partial charge on any atom is 0.254 e. The van der Waals surface area contributed by atoms with Crippen molar-refractivity contribution >= 4 is 23.2 Å². The van der Waals surface area contributed by atoms with E-state index in [1.807, 2.05) is 47.1 Å². The molecule has 0 bridgehead atoms. The zero-order valence-corrected chi connectivity index (χ0v) is 23.4. The average Bonchev–Trinajstić information content (AvgIpc) is 2.96. The number of piperidine rings is 1. The molecule has 0 aliphatic carbocycles. The number of hydrogen-bond acceptors (Lipinski definition) is 8. The summed E-state index contributed by atoms with van der Waals surface area (Å²) >= 11 is 0. The fourth-order valence-electron chi connectivity index (χ4n) is 5.24. The minimum Gasteiger partial charge on any atom is -0.400 e. The van der Waals surface area contributed by atoms with Crippen LogP contribution < -0.4 is 21.9 Å². The molecule has 0 atom stereocenters.